The molecule has 0 aliphatic carbocycles. The van der Waals surface area contributed by atoms with Crippen molar-refractivity contribution >= 4 is 16.9 Å². The molecule has 10 heteroatoms. The van der Waals surface area contributed by atoms with Gasteiger partial charge in [-0.25, -0.2) is 14.2 Å². The largest absolute Gasteiger partial charge is 0.505 e. The number of H-pyrrole nitrogens is 2. The predicted molar refractivity (Wildman–Crippen MR) is 130 cm³/mol. The highest BCUT2D eigenvalue weighted by atomic mass is 19.1. The zero-order valence-corrected chi connectivity index (χ0v) is 19.7. The van der Waals surface area contributed by atoms with E-state index in [1.165, 1.54) is 12.1 Å². The molecular formula is C26H24FN7O2. The predicted octanol–water partition coefficient (Wildman–Crippen LogP) is 4.31. The van der Waals surface area contributed by atoms with Crippen molar-refractivity contribution in [1.82, 2.24) is 30.0 Å². The topological polar surface area (TPSA) is 125 Å². The lowest BCUT2D eigenvalue weighted by Gasteiger charge is -2.23. The summed E-state index contributed by atoms with van der Waals surface area (Å²) in [6.07, 6.45) is 1.38. The van der Waals surface area contributed by atoms with E-state index in [-0.39, 0.29) is 17.7 Å². The molecule has 6 rings (SSSR count). The number of nitrogens with zero attached hydrogens (tertiary/aromatic N) is 5. The Hall–Kier alpha value is -4.39. The van der Waals surface area contributed by atoms with Crippen LogP contribution in [-0.2, 0) is 19.5 Å². The number of amides is 2. The Morgan fingerprint density at radius 1 is 1.28 bits per heavy atom. The Labute approximate surface area is 206 Å². The van der Waals surface area contributed by atoms with Crippen molar-refractivity contribution in [2.24, 2.45) is 5.92 Å². The van der Waals surface area contributed by atoms with E-state index in [0.717, 1.165) is 45.4 Å². The van der Waals surface area contributed by atoms with Gasteiger partial charge in [-0.1, -0.05) is 13.0 Å². The lowest BCUT2D eigenvalue weighted by Crippen LogP contribution is -2.39. The van der Waals surface area contributed by atoms with Crippen LogP contribution in [-0.4, -0.2) is 54.2 Å². The first-order valence-electron chi connectivity index (χ1n) is 12.0. The molecule has 2 aromatic carbocycles. The Morgan fingerprint density at radius 2 is 2.14 bits per heavy atom. The van der Waals surface area contributed by atoms with Crippen molar-refractivity contribution in [3.8, 4) is 34.5 Å². The van der Waals surface area contributed by atoms with E-state index in [1.54, 1.807) is 9.80 Å². The first-order valence-corrected chi connectivity index (χ1v) is 12.0. The van der Waals surface area contributed by atoms with Crippen LogP contribution in [0.4, 0.5) is 9.18 Å². The highest BCUT2D eigenvalue weighted by molar-refractivity contribution is 5.94. The number of nitrogens with one attached hydrogen (secondary N) is 2. The smallest absolute Gasteiger partial charge is 0.320 e. The first kappa shape index (κ1) is 22.1. The number of aromatic amines is 2. The van der Waals surface area contributed by atoms with Gasteiger partial charge in [-0.15, -0.1) is 0 Å². The number of hydrogen-bond donors (Lipinski definition) is 3. The minimum absolute atomic E-state index is 0.0597. The van der Waals surface area contributed by atoms with Gasteiger partial charge in [0.1, 0.15) is 5.69 Å². The number of carbonyl (C=O) groups is 1. The van der Waals surface area contributed by atoms with Crippen molar-refractivity contribution in [2.75, 3.05) is 13.1 Å². The number of likely N-dealkylation sites (tertiary alicyclic amines) is 1. The van der Waals surface area contributed by atoms with Crippen molar-refractivity contribution in [2.45, 2.75) is 32.9 Å². The first-order chi connectivity index (χ1) is 17.4. The number of phenols is 1. The van der Waals surface area contributed by atoms with Gasteiger partial charge in [-0.05, 0) is 53.8 Å². The molecule has 2 aliphatic heterocycles. The van der Waals surface area contributed by atoms with E-state index in [2.05, 4.69) is 21.3 Å². The van der Waals surface area contributed by atoms with E-state index in [0.29, 0.717) is 44.1 Å². The van der Waals surface area contributed by atoms with Crippen LogP contribution in [0.2, 0.25) is 0 Å². The van der Waals surface area contributed by atoms with Gasteiger partial charge < -0.3 is 19.9 Å². The standard InChI is InChI=1S/C26H24FN7O2/c1-2-15-8-23(35)19(27)9-18(15)16-3-4-17-20(7-16)31-32-24(17)25-29-21-12-34(13-22(21)30-25)26(36)33-6-5-14(10-28)11-33/h3-4,7-9,14,35H,2,5-6,11-13H2,1H3,(H,29,30)(H,31,32). The van der Waals surface area contributed by atoms with Gasteiger partial charge in [0.2, 0.25) is 0 Å². The number of aromatic nitrogens is 4. The summed E-state index contributed by atoms with van der Waals surface area (Å²) in [6.45, 7) is 3.90. The number of benzene rings is 2. The van der Waals surface area contributed by atoms with Crippen LogP contribution >= 0.6 is 0 Å². The fourth-order valence-electron chi connectivity index (χ4n) is 5.16. The number of imidazole rings is 1. The summed E-state index contributed by atoms with van der Waals surface area (Å²) in [6, 6.07) is 10.8. The number of rotatable bonds is 3. The minimum Gasteiger partial charge on any atom is -0.505 e. The Balaban J connectivity index is 1.24. The highest BCUT2D eigenvalue weighted by Gasteiger charge is 2.34. The maximum atomic E-state index is 14.1. The second kappa shape index (κ2) is 8.37. The summed E-state index contributed by atoms with van der Waals surface area (Å²) in [7, 11) is 0. The van der Waals surface area contributed by atoms with Crippen molar-refractivity contribution in [1.29, 1.82) is 5.26 Å². The third-order valence-corrected chi connectivity index (χ3v) is 7.12. The number of phenolic OH excluding ortho intramolecular Hbond substituents is 1. The van der Waals surface area contributed by atoms with Crippen LogP contribution in [0.3, 0.4) is 0 Å². The lowest BCUT2D eigenvalue weighted by atomic mass is 9.96. The number of halogens is 1. The molecule has 3 N–H and O–H groups in total. The zero-order valence-electron chi connectivity index (χ0n) is 19.7. The molecule has 36 heavy (non-hydrogen) atoms. The number of aryl methyl sites for hydroxylation is 1. The van der Waals surface area contributed by atoms with Gasteiger partial charge in [-0.3, -0.25) is 5.10 Å². The molecule has 0 saturated carbocycles. The molecule has 1 unspecified atom stereocenters. The van der Waals surface area contributed by atoms with Crippen LogP contribution in [0.1, 0.15) is 30.3 Å². The van der Waals surface area contributed by atoms with E-state index >= 15 is 0 Å². The van der Waals surface area contributed by atoms with Gasteiger partial charge in [0.05, 0.1) is 42.0 Å². The average molecular weight is 486 g/mol. The molecule has 1 fully saturated rings. The fourth-order valence-corrected chi connectivity index (χ4v) is 5.16. The molecule has 4 heterocycles. The van der Waals surface area contributed by atoms with Crippen molar-refractivity contribution in [3.05, 3.63) is 53.1 Å². The van der Waals surface area contributed by atoms with Crippen molar-refractivity contribution < 1.29 is 14.3 Å². The second-order valence-corrected chi connectivity index (χ2v) is 9.36. The van der Waals surface area contributed by atoms with Gasteiger partial charge in [0, 0.05) is 18.5 Å². The van der Waals surface area contributed by atoms with Gasteiger partial charge in [0.25, 0.3) is 0 Å². The normalized spacial score (nSPS) is 17.1. The highest BCUT2D eigenvalue weighted by Crippen LogP contribution is 2.34. The van der Waals surface area contributed by atoms with Crippen LogP contribution in [0.25, 0.3) is 33.5 Å². The van der Waals surface area contributed by atoms with E-state index < -0.39 is 5.82 Å². The number of urea groups is 1. The number of aromatic hydroxyl groups is 1. The molecule has 182 valence electrons. The summed E-state index contributed by atoms with van der Waals surface area (Å²) < 4.78 is 14.1. The fraction of sp³-hybridized carbons (Fsp3) is 0.308. The van der Waals surface area contributed by atoms with Crippen LogP contribution in [0.5, 0.6) is 5.75 Å². The van der Waals surface area contributed by atoms with Crippen LogP contribution in [0, 0.1) is 23.1 Å². The van der Waals surface area contributed by atoms with Crippen LogP contribution in [0.15, 0.2) is 30.3 Å². The van der Waals surface area contributed by atoms with Gasteiger partial charge in [0.15, 0.2) is 17.4 Å². The average Bonchev–Trinajstić information content (AvgIpc) is 3.66. The quantitative estimate of drug-likeness (QED) is 0.399. The molecule has 0 radical (unpaired) electrons. The molecular weight excluding hydrogens is 461 g/mol. The van der Waals surface area contributed by atoms with E-state index in [4.69, 9.17) is 10.2 Å². The maximum absolute atomic E-state index is 14.1. The molecule has 4 aromatic rings. The SMILES string of the molecule is CCc1cc(O)c(F)cc1-c1ccc2c(-c3nc4c([nH]3)CN(C(=O)N3CCC(C#N)C3)C4)n[nH]c2c1. The summed E-state index contributed by atoms with van der Waals surface area (Å²) in [4.78, 5) is 24.4. The molecule has 0 spiro atoms. The number of hydrogen-bond acceptors (Lipinski definition) is 5. The Bertz CT molecular complexity index is 1530. The number of fused-ring (bicyclic) bond motifs is 2. The maximum Gasteiger partial charge on any atom is 0.320 e. The Morgan fingerprint density at radius 3 is 2.89 bits per heavy atom. The minimum atomic E-state index is -0.653. The van der Waals surface area contributed by atoms with Crippen molar-refractivity contribution in [3.63, 3.8) is 0 Å². The third kappa shape index (κ3) is 3.55. The van der Waals surface area contributed by atoms with E-state index in [1.807, 2.05) is 25.1 Å². The van der Waals surface area contributed by atoms with Gasteiger partial charge in [-0.2, -0.15) is 10.4 Å². The summed E-state index contributed by atoms with van der Waals surface area (Å²) in [5.41, 5.74) is 5.56. The summed E-state index contributed by atoms with van der Waals surface area (Å²) >= 11 is 0. The van der Waals surface area contributed by atoms with Crippen LogP contribution < -0.4 is 0 Å². The lowest BCUT2D eigenvalue weighted by molar-refractivity contribution is 0.161. The number of carbonyl (C=O) groups excluding carboxylic acids is 1. The molecule has 1 atom stereocenters. The second-order valence-electron chi connectivity index (χ2n) is 9.36. The summed E-state index contributed by atoms with van der Waals surface area (Å²) in [5, 5.41) is 27.2. The van der Waals surface area contributed by atoms with Gasteiger partial charge >= 0.3 is 6.03 Å². The molecule has 9 nitrogen and oxygen atoms in total. The third-order valence-electron chi connectivity index (χ3n) is 7.12. The molecule has 2 aromatic heterocycles. The zero-order chi connectivity index (χ0) is 25.0. The monoisotopic (exact) mass is 485 g/mol. The molecule has 2 amide bonds. The van der Waals surface area contributed by atoms with E-state index in [9.17, 15) is 14.3 Å². The number of nitriles is 1. The summed E-state index contributed by atoms with van der Waals surface area (Å²) in [5.74, 6) is -0.464. The molecule has 0 bridgehead atoms. The molecule has 2 aliphatic rings. The Kier molecular flexibility index (Phi) is 5.14. The molecule has 1 saturated heterocycles.